The molecular formula is C20H28N2O3. The van der Waals surface area contributed by atoms with Gasteiger partial charge in [0.15, 0.2) is 0 Å². The van der Waals surface area contributed by atoms with Crippen molar-refractivity contribution in [2.75, 3.05) is 13.1 Å². The Labute approximate surface area is 149 Å². The van der Waals surface area contributed by atoms with Gasteiger partial charge in [0.1, 0.15) is 0 Å². The summed E-state index contributed by atoms with van der Waals surface area (Å²) >= 11 is 0. The third kappa shape index (κ3) is 4.21. The van der Waals surface area contributed by atoms with Crippen LogP contribution in [0.3, 0.4) is 0 Å². The zero-order valence-electron chi connectivity index (χ0n) is 14.9. The van der Waals surface area contributed by atoms with Crippen LogP contribution in [0.15, 0.2) is 30.3 Å². The Morgan fingerprint density at radius 2 is 1.96 bits per heavy atom. The fraction of sp³-hybridized carbons (Fsp3) is 0.600. The van der Waals surface area contributed by atoms with E-state index < -0.39 is 0 Å². The van der Waals surface area contributed by atoms with Crippen molar-refractivity contribution in [2.24, 2.45) is 11.8 Å². The first-order valence-electron chi connectivity index (χ1n) is 9.37. The number of aliphatic hydroxyl groups is 1. The maximum atomic E-state index is 12.7. The van der Waals surface area contributed by atoms with Gasteiger partial charge in [-0.2, -0.15) is 0 Å². The molecule has 0 radical (unpaired) electrons. The highest BCUT2D eigenvalue weighted by molar-refractivity contribution is 5.96. The van der Waals surface area contributed by atoms with Crippen molar-refractivity contribution < 1.29 is 14.7 Å². The van der Waals surface area contributed by atoms with Crippen LogP contribution in [0.5, 0.6) is 0 Å². The standard InChI is InChI=1S/C20H28N2O3/c1-14-9-10-18(23)16(12-14)17-8-5-11-22(17)19(24)13-21-20(25)15-6-3-2-4-7-15/h2-4,6-7,14,16-18,23H,5,8-13H2,1H3,(H,21,25)/t14-,16-,17+,18+/m1/s1. The quantitative estimate of drug-likeness (QED) is 0.880. The van der Waals surface area contributed by atoms with Gasteiger partial charge in [-0.05, 0) is 50.2 Å². The molecule has 2 aliphatic rings. The van der Waals surface area contributed by atoms with E-state index in [2.05, 4.69) is 12.2 Å². The lowest BCUT2D eigenvalue weighted by Crippen LogP contribution is -2.49. The van der Waals surface area contributed by atoms with Gasteiger partial charge < -0.3 is 15.3 Å². The summed E-state index contributed by atoms with van der Waals surface area (Å²) in [6.45, 7) is 2.96. The molecule has 5 heteroatoms. The van der Waals surface area contributed by atoms with Gasteiger partial charge >= 0.3 is 0 Å². The predicted octanol–water partition coefficient (Wildman–Crippen LogP) is 2.20. The van der Waals surface area contributed by atoms with Crippen LogP contribution in [0.4, 0.5) is 0 Å². The van der Waals surface area contributed by atoms with E-state index >= 15 is 0 Å². The number of nitrogens with one attached hydrogen (secondary N) is 1. The van der Waals surface area contributed by atoms with E-state index in [4.69, 9.17) is 0 Å². The minimum atomic E-state index is -0.312. The third-order valence-electron chi connectivity index (χ3n) is 5.67. The second kappa shape index (κ2) is 8.00. The molecule has 2 amide bonds. The third-order valence-corrected chi connectivity index (χ3v) is 5.67. The molecule has 0 bridgehead atoms. The second-order valence-corrected chi connectivity index (χ2v) is 7.49. The summed E-state index contributed by atoms with van der Waals surface area (Å²) in [4.78, 5) is 26.7. The maximum Gasteiger partial charge on any atom is 0.251 e. The fourth-order valence-corrected chi connectivity index (χ4v) is 4.32. The van der Waals surface area contributed by atoms with Gasteiger partial charge in [-0.25, -0.2) is 0 Å². The minimum absolute atomic E-state index is 0.0165. The van der Waals surface area contributed by atoms with Gasteiger partial charge in [-0.1, -0.05) is 25.1 Å². The molecule has 1 aromatic carbocycles. The van der Waals surface area contributed by atoms with Gasteiger partial charge in [0.2, 0.25) is 5.91 Å². The van der Waals surface area contributed by atoms with Crippen LogP contribution in [0.1, 0.15) is 49.4 Å². The Kier molecular flexibility index (Phi) is 5.74. The zero-order chi connectivity index (χ0) is 17.8. The molecular weight excluding hydrogens is 316 g/mol. The lowest BCUT2D eigenvalue weighted by Gasteiger charge is -2.39. The normalized spacial score (nSPS) is 29.4. The molecule has 2 fully saturated rings. The topological polar surface area (TPSA) is 69.6 Å². The SMILES string of the molecule is C[C@@H]1CC[C@H](O)[C@@H]([C@@H]2CCCN2C(=O)CNC(=O)c2ccccc2)C1. The Bertz CT molecular complexity index is 604. The van der Waals surface area contributed by atoms with E-state index in [1.807, 2.05) is 11.0 Å². The van der Waals surface area contributed by atoms with E-state index in [0.717, 1.165) is 38.6 Å². The average Bonchev–Trinajstić information content (AvgIpc) is 3.11. The van der Waals surface area contributed by atoms with Gasteiger partial charge in [0, 0.05) is 24.1 Å². The number of carbonyl (C=O) groups excluding carboxylic acids is 2. The molecule has 1 saturated carbocycles. The number of rotatable bonds is 4. The van der Waals surface area contributed by atoms with Crippen molar-refractivity contribution in [2.45, 2.75) is 51.2 Å². The summed E-state index contributed by atoms with van der Waals surface area (Å²) in [5, 5.41) is 13.1. The number of hydrogen-bond donors (Lipinski definition) is 2. The van der Waals surface area contributed by atoms with Crippen molar-refractivity contribution in [1.82, 2.24) is 10.2 Å². The maximum absolute atomic E-state index is 12.7. The van der Waals surface area contributed by atoms with E-state index in [9.17, 15) is 14.7 Å². The number of carbonyl (C=O) groups is 2. The summed E-state index contributed by atoms with van der Waals surface area (Å²) in [7, 11) is 0. The summed E-state index contributed by atoms with van der Waals surface area (Å²) in [6.07, 6.45) is 4.48. The first-order chi connectivity index (χ1) is 12.1. The van der Waals surface area contributed by atoms with Gasteiger partial charge in [0.25, 0.3) is 5.91 Å². The number of hydrogen-bond acceptors (Lipinski definition) is 3. The molecule has 2 N–H and O–H groups in total. The second-order valence-electron chi connectivity index (χ2n) is 7.49. The monoisotopic (exact) mass is 344 g/mol. The van der Waals surface area contributed by atoms with Gasteiger partial charge in [-0.15, -0.1) is 0 Å². The number of aliphatic hydroxyl groups excluding tert-OH is 1. The summed E-state index contributed by atoms with van der Waals surface area (Å²) < 4.78 is 0. The number of likely N-dealkylation sites (tertiary alicyclic amines) is 1. The smallest absolute Gasteiger partial charge is 0.251 e. The molecule has 0 aromatic heterocycles. The predicted molar refractivity (Wildman–Crippen MR) is 96.0 cm³/mol. The summed E-state index contributed by atoms with van der Waals surface area (Å²) in [5.74, 6) is 0.497. The Morgan fingerprint density at radius 1 is 1.20 bits per heavy atom. The first-order valence-corrected chi connectivity index (χ1v) is 9.37. The molecule has 4 atom stereocenters. The molecule has 1 heterocycles. The Hall–Kier alpha value is -1.88. The Morgan fingerprint density at radius 3 is 2.72 bits per heavy atom. The van der Waals surface area contributed by atoms with Crippen LogP contribution in [-0.2, 0) is 4.79 Å². The molecule has 1 saturated heterocycles. The minimum Gasteiger partial charge on any atom is -0.393 e. The molecule has 1 aliphatic heterocycles. The number of benzene rings is 1. The largest absolute Gasteiger partial charge is 0.393 e. The lowest BCUT2D eigenvalue weighted by atomic mass is 9.76. The highest BCUT2D eigenvalue weighted by atomic mass is 16.3. The van der Waals surface area contributed by atoms with E-state index in [1.54, 1.807) is 24.3 Å². The molecule has 1 aromatic rings. The van der Waals surface area contributed by atoms with E-state index in [1.165, 1.54) is 0 Å². The molecule has 5 nitrogen and oxygen atoms in total. The fourth-order valence-electron chi connectivity index (χ4n) is 4.32. The van der Waals surface area contributed by atoms with Crippen LogP contribution in [-0.4, -0.2) is 47.1 Å². The van der Waals surface area contributed by atoms with Crippen LogP contribution < -0.4 is 5.32 Å². The van der Waals surface area contributed by atoms with Crippen molar-refractivity contribution in [3.63, 3.8) is 0 Å². The van der Waals surface area contributed by atoms with E-state index in [-0.39, 0.29) is 36.4 Å². The Balaban J connectivity index is 1.58. The molecule has 1 aliphatic carbocycles. The van der Waals surface area contributed by atoms with Crippen LogP contribution in [0.2, 0.25) is 0 Å². The van der Waals surface area contributed by atoms with E-state index in [0.29, 0.717) is 11.5 Å². The molecule has 25 heavy (non-hydrogen) atoms. The lowest BCUT2D eigenvalue weighted by molar-refractivity contribution is -0.133. The molecule has 136 valence electrons. The first kappa shape index (κ1) is 17.9. The zero-order valence-corrected chi connectivity index (χ0v) is 14.9. The van der Waals surface area contributed by atoms with Crippen LogP contribution in [0, 0.1) is 11.8 Å². The number of nitrogens with zero attached hydrogens (tertiary/aromatic N) is 1. The van der Waals surface area contributed by atoms with Gasteiger partial charge in [0.05, 0.1) is 12.6 Å². The summed E-state index contributed by atoms with van der Waals surface area (Å²) in [5.41, 5.74) is 0.560. The highest BCUT2D eigenvalue weighted by Crippen LogP contribution is 2.37. The van der Waals surface area contributed by atoms with Gasteiger partial charge in [-0.3, -0.25) is 9.59 Å². The van der Waals surface area contributed by atoms with Crippen LogP contribution >= 0.6 is 0 Å². The molecule has 0 spiro atoms. The average molecular weight is 344 g/mol. The molecule has 0 unspecified atom stereocenters. The van der Waals surface area contributed by atoms with Crippen molar-refractivity contribution in [1.29, 1.82) is 0 Å². The molecule has 3 rings (SSSR count). The number of amides is 2. The van der Waals surface area contributed by atoms with Crippen molar-refractivity contribution in [3.05, 3.63) is 35.9 Å². The van der Waals surface area contributed by atoms with Crippen LogP contribution in [0.25, 0.3) is 0 Å². The highest BCUT2D eigenvalue weighted by Gasteiger charge is 2.40. The van der Waals surface area contributed by atoms with Crippen molar-refractivity contribution >= 4 is 11.8 Å². The van der Waals surface area contributed by atoms with Crippen molar-refractivity contribution in [3.8, 4) is 0 Å². The summed E-state index contributed by atoms with van der Waals surface area (Å²) in [6, 6.07) is 9.04.